The van der Waals surface area contributed by atoms with E-state index in [0.29, 0.717) is 22.0 Å². The van der Waals surface area contributed by atoms with Gasteiger partial charge in [0.05, 0.1) is 16.3 Å². The Morgan fingerprint density at radius 2 is 1.96 bits per heavy atom. The van der Waals surface area contributed by atoms with Gasteiger partial charge in [-0.1, -0.05) is 36.7 Å². The molecular weight excluding hydrogens is 310 g/mol. The number of fused-ring (bicyclic) bond motifs is 1. The first kappa shape index (κ1) is 15.9. The lowest BCUT2D eigenvalue weighted by atomic mass is 9.96. The number of nitrogens with one attached hydrogen (secondary N) is 1. The number of carbonyl (C=O) groups excluding carboxylic acids is 1. The lowest BCUT2D eigenvalue weighted by Crippen LogP contribution is -2.15. The van der Waals surface area contributed by atoms with Gasteiger partial charge in [-0.25, -0.2) is 0 Å². The Labute approximate surface area is 141 Å². The van der Waals surface area contributed by atoms with Gasteiger partial charge in [0.25, 0.3) is 5.91 Å². The highest BCUT2D eigenvalue weighted by atomic mass is 35.5. The third kappa shape index (κ3) is 2.81. The lowest BCUT2D eigenvalue weighted by Gasteiger charge is -2.13. The van der Waals surface area contributed by atoms with Gasteiger partial charge in [0, 0.05) is 11.5 Å². The largest absolute Gasteiger partial charge is 0.489 e. The van der Waals surface area contributed by atoms with Crippen molar-refractivity contribution in [3.63, 3.8) is 0 Å². The monoisotopic (exact) mass is 329 g/mol. The first-order valence-corrected chi connectivity index (χ1v) is 8.14. The van der Waals surface area contributed by atoms with E-state index < -0.39 is 0 Å². The van der Waals surface area contributed by atoms with Crippen LogP contribution in [0.1, 0.15) is 46.8 Å². The molecule has 1 amide bonds. The highest BCUT2D eigenvalue weighted by Gasteiger charge is 2.31. The number of aryl methyl sites for hydroxylation is 2. The smallest absolute Gasteiger partial charge is 0.259 e. The third-order valence-electron chi connectivity index (χ3n) is 4.46. The molecule has 3 nitrogen and oxygen atoms in total. The highest BCUT2D eigenvalue weighted by molar-refractivity contribution is 6.34. The molecule has 2 aromatic rings. The van der Waals surface area contributed by atoms with Gasteiger partial charge in [-0.3, -0.25) is 4.79 Å². The minimum absolute atomic E-state index is 0.0728. The quantitative estimate of drug-likeness (QED) is 0.833. The average Bonchev–Trinajstić information content (AvgIpc) is 2.78. The number of para-hydroxylation sites is 1. The molecule has 0 spiro atoms. The minimum atomic E-state index is -0.197. The number of rotatable bonds is 2. The van der Waals surface area contributed by atoms with Crippen LogP contribution < -0.4 is 10.1 Å². The Bertz CT molecular complexity index is 762. The normalized spacial score (nSPS) is 19.2. The van der Waals surface area contributed by atoms with Crippen LogP contribution in [0.25, 0.3) is 0 Å². The van der Waals surface area contributed by atoms with E-state index >= 15 is 0 Å². The summed E-state index contributed by atoms with van der Waals surface area (Å²) in [6.07, 6.45) is 0.0728. The molecule has 0 radical (unpaired) electrons. The van der Waals surface area contributed by atoms with Crippen LogP contribution in [0.2, 0.25) is 5.02 Å². The first-order chi connectivity index (χ1) is 10.9. The van der Waals surface area contributed by atoms with E-state index in [1.54, 1.807) is 6.07 Å². The van der Waals surface area contributed by atoms with Gasteiger partial charge in [0.15, 0.2) is 0 Å². The summed E-state index contributed by atoms with van der Waals surface area (Å²) in [5.74, 6) is 0.769. The second kappa shape index (κ2) is 5.89. The summed E-state index contributed by atoms with van der Waals surface area (Å²) in [6.45, 7) is 8.04. The molecule has 1 N–H and O–H groups in total. The summed E-state index contributed by atoms with van der Waals surface area (Å²) in [5, 5.41) is 3.48. The van der Waals surface area contributed by atoms with E-state index in [2.05, 4.69) is 12.2 Å². The lowest BCUT2D eigenvalue weighted by molar-refractivity contribution is 0.102. The van der Waals surface area contributed by atoms with Crippen molar-refractivity contribution < 1.29 is 9.53 Å². The van der Waals surface area contributed by atoms with Crippen LogP contribution in [-0.4, -0.2) is 12.0 Å². The molecule has 0 fully saturated rings. The fourth-order valence-electron chi connectivity index (χ4n) is 3.02. The fourth-order valence-corrected chi connectivity index (χ4v) is 3.39. The van der Waals surface area contributed by atoms with Crippen molar-refractivity contribution in [1.29, 1.82) is 0 Å². The van der Waals surface area contributed by atoms with Crippen molar-refractivity contribution >= 4 is 23.2 Å². The number of carbonyl (C=O) groups is 1. The fraction of sp³-hybridized carbons (Fsp3) is 0.316. The van der Waals surface area contributed by atoms with Gasteiger partial charge >= 0.3 is 0 Å². The van der Waals surface area contributed by atoms with Gasteiger partial charge in [-0.2, -0.15) is 0 Å². The van der Waals surface area contributed by atoms with Crippen LogP contribution in [0.5, 0.6) is 5.75 Å². The Morgan fingerprint density at radius 3 is 2.65 bits per heavy atom. The molecule has 0 bridgehead atoms. The van der Waals surface area contributed by atoms with E-state index in [1.165, 1.54) is 0 Å². The molecule has 0 saturated carbocycles. The van der Waals surface area contributed by atoms with Crippen LogP contribution in [0, 0.1) is 13.8 Å². The number of benzene rings is 2. The van der Waals surface area contributed by atoms with Crippen molar-refractivity contribution in [3.05, 3.63) is 57.6 Å². The summed E-state index contributed by atoms with van der Waals surface area (Å²) in [4.78, 5) is 12.7. The molecule has 23 heavy (non-hydrogen) atoms. The van der Waals surface area contributed by atoms with Crippen LogP contribution in [0.4, 0.5) is 5.69 Å². The molecule has 2 unspecified atom stereocenters. The van der Waals surface area contributed by atoms with Crippen LogP contribution >= 0.6 is 11.6 Å². The van der Waals surface area contributed by atoms with E-state index in [1.807, 2.05) is 45.0 Å². The Kier molecular flexibility index (Phi) is 4.07. The number of amides is 1. The van der Waals surface area contributed by atoms with Gasteiger partial charge in [0.2, 0.25) is 0 Å². The predicted octanol–water partition coefficient (Wildman–Crippen LogP) is 5.09. The van der Waals surface area contributed by atoms with Gasteiger partial charge in [-0.15, -0.1) is 0 Å². The molecule has 1 heterocycles. The highest BCUT2D eigenvalue weighted by Crippen LogP contribution is 2.40. The van der Waals surface area contributed by atoms with Gasteiger partial charge in [-0.05, 0) is 44.0 Å². The zero-order chi connectivity index (χ0) is 16.7. The van der Waals surface area contributed by atoms with Crippen molar-refractivity contribution in [2.45, 2.75) is 39.7 Å². The SMILES string of the molecule is Cc1cc(C)c(NC(=O)c2cccc3c2OC(C)C3C)c(Cl)c1. The molecule has 1 aliphatic heterocycles. The zero-order valence-corrected chi connectivity index (χ0v) is 14.5. The maximum absolute atomic E-state index is 12.7. The molecule has 0 aliphatic carbocycles. The molecule has 1 aliphatic rings. The maximum Gasteiger partial charge on any atom is 0.259 e. The maximum atomic E-state index is 12.7. The zero-order valence-electron chi connectivity index (χ0n) is 13.7. The molecule has 0 aromatic heterocycles. The molecular formula is C19H20ClNO2. The summed E-state index contributed by atoms with van der Waals surface area (Å²) < 4.78 is 5.89. The van der Waals surface area contributed by atoms with Crippen LogP contribution in [0.15, 0.2) is 30.3 Å². The van der Waals surface area contributed by atoms with Crippen LogP contribution in [0.3, 0.4) is 0 Å². The number of ether oxygens (including phenoxy) is 1. The Balaban J connectivity index is 1.95. The second-order valence-corrected chi connectivity index (χ2v) is 6.64. The summed E-state index contributed by atoms with van der Waals surface area (Å²) >= 11 is 6.28. The molecule has 120 valence electrons. The molecule has 2 atom stereocenters. The van der Waals surface area contributed by atoms with Crippen molar-refractivity contribution in [3.8, 4) is 5.75 Å². The van der Waals surface area contributed by atoms with Gasteiger partial charge < -0.3 is 10.1 Å². The number of anilines is 1. The minimum Gasteiger partial charge on any atom is -0.489 e. The Hall–Kier alpha value is -2.00. The van der Waals surface area contributed by atoms with Gasteiger partial charge in [0.1, 0.15) is 11.9 Å². The van der Waals surface area contributed by atoms with Crippen LogP contribution in [-0.2, 0) is 0 Å². The summed E-state index contributed by atoms with van der Waals surface area (Å²) in [5.41, 5.74) is 4.29. The molecule has 3 rings (SSSR count). The molecule has 4 heteroatoms. The number of hydrogen-bond acceptors (Lipinski definition) is 2. The second-order valence-electron chi connectivity index (χ2n) is 6.23. The van der Waals surface area contributed by atoms with E-state index in [4.69, 9.17) is 16.3 Å². The number of hydrogen-bond donors (Lipinski definition) is 1. The number of halogens is 1. The predicted molar refractivity (Wildman–Crippen MR) is 93.8 cm³/mol. The molecule has 0 saturated heterocycles. The van der Waals surface area contributed by atoms with E-state index in [0.717, 1.165) is 16.7 Å². The third-order valence-corrected chi connectivity index (χ3v) is 4.76. The van der Waals surface area contributed by atoms with E-state index in [-0.39, 0.29) is 17.9 Å². The van der Waals surface area contributed by atoms with Crippen molar-refractivity contribution in [2.24, 2.45) is 0 Å². The summed E-state index contributed by atoms with van der Waals surface area (Å²) in [7, 11) is 0. The van der Waals surface area contributed by atoms with Crippen molar-refractivity contribution in [2.75, 3.05) is 5.32 Å². The average molecular weight is 330 g/mol. The first-order valence-electron chi connectivity index (χ1n) is 7.76. The Morgan fingerprint density at radius 1 is 1.22 bits per heavy atom. The molecule has 2 aromatic carbocycles. The van der Waals surface area contributed by atoms with Crippen molar-refractivity contribution in [1.82, 2.24) is 0 Å². The summed E-state index contributed by atoms with van der Waals surface area (Å²) in [6, 6.07) is 9.55. The van der Waals surface area contributed by atoms with E-state index in [9.17, 15) is 4.79 Å². The topological polar surface area (TPSA) is 38.3 Å². The standard InChI is InChI=1S/C19H20ClNO2/c1-10-8-11(2)17(16(20)9-10)21-19(22)15-7-5-6-14-12(3)13(4)23-18(14)15/h5-9,12-13H,1-4H3,(H,21,22).